The summed E-state index contributed by atoms with van der Waals surface area (Å²) in [5.74, 6) is 1.28. The Kier molecular flexibility index (Phi) is 5.67. The van der Waals surface area contributed by atoms with Gasteiger partial charge >= 0.3 is 0 Å². The maximum atomic E-state index is 4.64. The molecule has 0 aliphatic carbocycles. The van der Waals surface area contributed by atoms with Gasteiger partial charge in [-0.25, -0.2) is 19.9 Å². The number of hydrogen-bond donors (Lipinski definition) is 0. The van der Waals surface area contributed by atoms with E-state index in [0.29, 0.717) is 11.9 Å². The Morgan fingerprint density at radius 3 is 1.29 bits per heavy atom. The Bertz CT molecular complexity index is 2330. The molecule has 0 aliphatic heterocycles. The molecule has 0 N–H and O–H groups in total. The molecule has 0 unspecified atom stereocenters. The molecule has 7 heteroatoms. The zero-order valence-corrected chi connectivity index (χ0v) is 24.1. The summed E-state index contributed by atoms with van der Waals surface area (Å²) in [6.07, 6.45) is 7.15. The summed E-state index contributed by atoms with van der Waals surface area (Å²) in [6.45, 7) is 0. The molecule has 5 aromatic carbocycles. The van der Waals surface area contributed by atoms with E-state index < -0.39 is 0 Å². The maximum absolute atomic E-state index is 4.64. The van der Waals surface area contributed by atoms with E-state index in [2.05, 4.69) is 149 Å². The average Bonchev–Trinajstić information content (AvgIpc) is 3.64. The second-order valence-corrected chi connectivity index (χ2v) is 10.8. The Balaban J connectivity index is 1.41. The fourth-order valence-electron chi connectivity index (χ4n) is 6.60. The van der Waals surface area contributed by atoms with Crippen molar-refractivity contribution in [1.82, 2.24) is 29.1 Å². The molecule has 45 heavy (non-hydrogen) atoms. The van der Waals surface area contributed by atoms with E-state index in [1.54, 1.807) is 24.8 Å². The van der Waals surface area contributed by atoms with Crippen molar-refractivity contribution in [1.29, 1.82) is 0 Å². The molecule has 7 nitrogen and oxygen atoms in total. The second kappa shape index (κ2) is 10.1. The molecule has 0 aliphatic rings. The number of fused-ring (bicyclic) bond motifs is 6. The van der Waals surface area contributed by atoms with E-state index in [1.165, 1.54) is 0 Å². The summed E-state index contributed by atoms with van der Waals surface area (Å²) in [4.78, 5) is 20.9. The minimum absolute atomic E-state index is 0.639. The lowest BCUT2D eigenvalue weighted by Crippen LogP contribution is -2.11. The van der Waals surface area contributed by atoms with Gasteiger partial charge in [0.15, 0.2) is 0 Å². The number of rotatable bonds is 5. The Hall–Kier alpha value is -6.34. The van der Waals surface area contributed by atoms with Crippen LogP contribution in [0.25, 0.3) is 55.5 Å². The predicted molar refractivity (Wildman–Crippen MR) is 181 cm³/mol. The molecule has 0 saturated carbocycles. The fourth-order valence-corrected chi connectivity index (χ4v) is 6.60. The molecule has 9 aromatic rings. The zero-order chi connectivity index (χ0) is 29.7. The van der Waals surface area contributed by atoms with E-state index >= 15 is 0 Å². The summed E-state index contributed by atoms with van der Waals surface area (Å²) in [7, 11) is 0. The Labute approximate surface area is 258 Å². The molecule has 0 amide bonds. The highest BCUT2D eigenvalue weighted by Crippen LogP contribution is 2.47. The molecule has 4 aromatic heterocycles. The molecule has 0 bridgehead atoms. The molecule has 0 spiro atoms. The minimum Gasteiger partial charge on any atom is -0.309 e. The van der Waals surface area contributed by atoms with Crippen LogP contribution in [-0.4, -0.2) is 29.1 Å². The highest BCUT2D eigenvalue weighted by atomic mass is 15.2. The summed E-state index contributed by atoms with van der Waals surface area (Å²) >= 11 is 0. The second-order valence-electron chi connectivity index (χ2n) is 10.8. The smallest absolute Gasteiger partial charge is 0.234 e. The highest BCUT2D eigenvalue weighted by molar-refractivity contribution is 6.20. The number of nitrogens with zero attached hydrogens (tertiary/aromatic N) is 7. The van der Waals surface area contributed by atoms with Crippen LogP contribution in [0.3, 0.4) is 0 Å². The van der Waals surface area contributed by atoms with Crippen molar-refractivity contribution in [2.24, 2.45) is 0 Å². The summed E-state index contributed by atoms with van der Waals surface area (Å²) in [5, 5.41) is 4.50. The third-order valence-corrected chi connectivity index (χ3v) is 8.35. The molecule has 0 radical (unpaired) electrons. The number of aromatic nitrogens is 6. The van der Waals surface area contributed by atoms with Crippen molar-refractivity contribution in [2.75, 3.05) is 4.90 Å². The van der Waals surface area contributed by atoms with Gasteiger partial charge in [-0.15, -0.1) is 0 Å². The quantitative estimate of drug-likeness (QED) is 0.204. The first-order valence-electron chi connectivity index (χ1n) is 14.8. The molecule has 9 rings (SSSR count). The van der Waals surface area contributed by atoms with Gasteiger partial charge in [0, 0.05) is 52.0 Å². The molecule has 4 heterocycles. The molecule has 0 fully saturated rings. The van der Waals surface area contributed by atoms with Crippen LogP contribution in [0.15, 0.2) is 152 Å². The molecular formula is C38H25N7. The van der Waals surface area contributed by atoms with Gasteiger partial charge in [-0.1, -0.05) is 66.7 Å². The standard InChI is InChI=1S/C38H25N7/c1-2-12-26(13-3-1)43(31-18-8-20-33-35(31)27-14-4-6-16-29(27)44(33)37-39-22-10-23-40-37)32-19-9-21-34-36(32)28-15-5-7-17-30(28)45(34)38-41-24-11-25-42-38/h1-25H. The van der Waals surface area contributed by atoms with Crippen LogP contribution in [0.1, 0.15) is 0 Å². The summed E-state index contributed by atoms with van der Waals surface area (Å²) in [5.41, 5.74) is 7.35. The third kappa shape index (κ3) is 3.84. The van der Waals surface area contributed by atoms with E-state index in [1.807, 2.05) is 12.1 Å². The molecular weight excluding hydrogens is 554 g/mol. The minimum atomic E-state index is 0.639. The van der Waals surface area contributed by atoms with Crippen molar-refractivity contribution < 1.29 is 0 Å². The zero-order valence-electron chi connectivity index (χ0n) is 24.1. The SMILES string of the molecule is c1ccc(N(c2cccc3c2c2ccccc2n3-c2ncccn2)c2cccc3c2c2ccccc2n3-c2ncccn2)cc1. The Morgan fingerprint density at radius 1 is 0.378 bits per heavy atom. The first-order valence-corrected chi connectivity index (χ1v) is 14.8. The normalized spacial score (nSPS) is 11.6. The molecule has 0 atom stereocenters. The van der Waals surface area contributed by atoms with Gasteiger partial charge in [0.25, 0.3) is 0 Å². The Morgan fingerprint density at radius 2 is 0.800 bits per heavy atom. The maximum Gasteiger partial charge on any atom is 0.234 e. The lowest BCUT2D eigenvalue weighted by molar-refractivity contribution is 0.988. The lowest BCUT2D eigenvalue weighted by atomic mass is 10.1. The van der Waals surface area contributed by atoms with Crippen LogP contribution < -0.4 is 4.90 Å². The van der Waals surface area contributed by atoms with Gasteiger partial charge in [0.2, 0.25) is 11.9 Å². The van der Waals surface area contributed by atoms with Crippen molar-refractivity contribution in [3.05, 3.63) is 152 Å². The van der Waals surface area contributed by atoms with Gasteiger partial charge < -0.3 is 4.90 Å². The molecule has 0 saturated heterocycles. The number of para-hydroxylation sites is 3. The van der Waals surface area contributed by atoms with Crippen molar-refractivity contribution in [3.63, 3.8) is 0 Å². The van der Waals surface area contributed by atoms with Crippen molar-refractivity contribution >= 4 is 60.7 Å². The number of anilines is 3. The number of hydrogen-bond acceptors (Lipinski definition) is 5. The fraction of sp³-hybridized carbons (Fsp3) is 0. The van der Waals surface area contributed by atoms with Gasteiger partial charge in [-0.2, -0.15) is 0 Å². The molecule has 212 valence electrons. The van der Waals surface area contributed by atoms with Gasteiger partial charge in [-0.3, -0.25) is 9.13 Å². The highest BCUT2D eigenvalue weighted by Gasteiger charge is 2.25. The monoisotopic (exact) mass is 579 g/mol. The van der Waals surface area contributed by atoms with Crippen LogP contribution >= 0.6 is 0 Å². The average molecular weight is 580 g/mol. The van der Waals surface area contributed by atoms with Crippen LogP contribution in [-0.2, 0) is 0 Å². The lowest BCUT2D eigenvalue weighted by Gasteiger charge is -2.27. The van der Waals surface area contributed by atoms with Crippen LogP contribution in [0.5, 0.6) is 0 Å². The van der Waals surface area contributed by atoms with E-state index in [-0.39, 0.29) is 0 Å². The first-order chi connectivity index (χ1) is 22.4. The van der Waals surface area contributed by atoms with Crippen LogP contribution in [0.2, 0.25) is 0 Å². The topological polar surface area (TPSA) is 64.7 Å². The van der Waals surface area contributed by atoms with Crippen molar-refractivity contribution in [3.8, 4) is 11.9 Å². The third-order valence-electron chi connectivity index (χ3n) is 8.35. The number of benzene rings is 5. The summed E-state index contributed by atoms with van der Waals surface area (Å²) < 4.78 is 4.30. The van der Waals surface area contributed by atoms with E-state index in [0.717, 1.165) is 60.7 Å². The predicted octanol–water partition coefficient (Wildman–Crippen LogP) is 8.93. The van der Waals surface area contributed by atoms with Gasteiger partial charge in [0.05, 0.1) is 33.4 Å². The van der Waals surface area contributed by atoms with Gasteiger partial charge in [0.1, 0.15) is 0 Å². The van der Waals surface area contributed by atoms with Crippen molar-refractivity contribution in [2.45, 2.75) is 0 Å². The van der Waals surface area contributed by atoms with Crippen LogP contribution in [0.4, 0.5) is 17.1 Å². The van der Waals surface area contributed by atoms with E-state index in [9.17, 15) is 0 Å². The van der Waals surface area contributed by atoms with Gasteiger partial charge in [-0.05, 0) is 60.7 Å². The largest absolute Gasteiger partial charge is 0.309 e. The summed E-state index contributed by atoms with van der Waals surface area (Å²) in [6, 6.07) is 44.2. The van der Waals surface area contributed by atoms with Crippen LogP contribution in [0, 0.1) is 0 Å². The first kappa shape index (κ1) is 25.2. The van der Waals surface area contributed by atoms with E-state index in [4.69, 9.17) is 0 Å².